The number of nitrogens with zero attached hydrogens (tertiary/aromatic N) is 3. The molecule has 0 fully saturated rings. The van der Waals surface area contributed by atoms with Gasteiger partial charge >= 0.3 is 0 Å². The molecule has 0 unspecified atom stereocenters. The summed E-state index contributed by atoms with van der Waals surface area (Å²) in [4.78, 5) is 30.4. The van der Waals surface area contributed by atoms with E-state index in [-0.39, 0.29) is 17.2 Å². The number of hydrazone groups is 1. The third kappa shape index (κ3) is 5.72. The lowest BCUT2D eigenvalue weighted by atomic mass is 10.2. The molecule has 35 heavy (non-hydrogen) atoms. The van der Waals surface area contributed by atoms with Crippen LogP contribution >= 0.6 is 27.7 Å². The van der Waals surface area contributed by atoms with Crippen molar-refractivity contribution in [2.24, 2.45) is 5.10 Å². The van der Waals surface area contributed by atoms with Crippen LogP contribution in [0, 0.1) is 0 Å². The Morgan fingerprint density at radius 2 is 1.89 bits per heavy atom. The van der Waals surface area contributed by atoms with Crippen LogP contribution in [-0.2, 0) is 4.79 Å². The van der Waals surface area contributed by atoms with Crippen molar-refractivity contribution >= 4 is 50.7 Å². The van der Waals surface area contributed by atoms with Gasteiger partial charge in [-0.15, -0.1) is 0 Å². The summed E-state index contributed by atoms with van der Waals surface area (Å²) >= 11 is 4.57. The smallest absolute Gasteiger partial charge is 0.266 e. The SMILES string of the molecule is COc1ccc(/C=N\NC(=O)CSc2nc3ccccc3c(=O)n2-c2ccc(Br)cc2)c(OC)c1. The van der Waals surface area contributed by atoms with Gasteiger partial charge in [0.25, 0.3) is 11.5 Å². The predicted octanol–water partition coefficient (Wildman–Crippen LogP) is 4.41. The van der Waals surface area contributed by atoms with Crippen molar-refractivity contribution in [2.75, 3.05) is 20.0 Å². The van der Waals surface area contributed by atoms with E-state index in [4.69, 9.17) is 9.47 Å². The number of carbonyl (C=O) groups is 1. The molecule has 3 aromatic carbocycles. The minimum atomic E-state index is -0.344. The number of para-hydroxylation sites is 1. The number of amides is 1. The zero-order valence-electron chi connectivity index (χ0n) is 18.9. The van der Waals surface area contributed by atoms with Crippen LogP contribution in [0.2, 0.25) is 0 Å². The standard InChI is InChI=1S/C25H21BrN4O4S/c1-33-19-12-7-16(22(13-19)34-2)14-27-29-23(31)15-35-25-28-21-6-4-3-5-20(21)24(32)30(25)18-10-8-17(26)9-11-18/h3-14H,15H2,1-2H3,(H,29,31)/b27-14-. The maximum Gasteiger partial charge on any atom is 0.266 e. The number of methoxy groups -OCH3 is 2. The fraction of sp³-hybridized carbons (Fsp3) is 0.120. The molecule has 0 saturated heterocycles. The van der Waals surface area contributed by atoms with E-state index in [0.717, 1.165) is 16.2 Å². The molecule has 4 rings (SSSR count). The highest BCUT2D eigenvalue weighted by Crippen LogP contribution is 2.24. The second-order valence-electron chi connectivity index (χ2n) is 7.22. The molecule has 0 bridgehead atoms. The predicted molar refractivity (Wildman–Crippen MR) is 141 cm³/mol. The Morgan fingerprint density at radius 3 is 2.63 bits per heavy atom. The number of hydrogen-bond acceptors (Lipinski definition) is 7. The van der Waals surface area contributed by atoms with Crippen LogP contribution in [0.4, 0.5) is 0 Å². The Labute approximate surface area is 214 Å². The van der Waals surface area contributed by atoms with E-state index >= 15 is 0 Å². The van der Waals surface area contributed by atoms with Crippen LogP contribution in [0.25, 0.3) is 16.6 Å². The van der Waals surface area contributed by atoms with Gasteiger partial charge in [-0.05, 0) is 48.5 Å². The van der Waals surface area contributed by atoms with Crippen LogP contribution in [-0.4, -0.2) is 41.6 Å². The summed E-state index contributed by atoms with van der Waals surface area (Å²) in [7, 11) is 3.12. The Hall–Kier alpha value is -3.63. The first-order chi connectivity index (χ1) is 17.0. The van der Waals surface area contributed by atoms with Crippen molar-refractivity contribution < 1.29 is 14.3 Å². The Kier molecular flexibility index (Phi) is 7.84. The largest absolute Gasteiger partial charge is 0.497 e. The van der Waals surface area contributed by atoms with Crippen LogP contribution in [0.5, 0.6) is 11.5 Å². The average molecular weight is 553 g/mol. The fourth-order valence-electron chi connectivity index (χ4n) is 3.29. The molecular formula is C25H21BrN4O4S. The monoisotopic (exact) mass is 552 g/mol. The van der Waals surface area contributed by atoms with E-state index in [0.29, 0.717) is 38.8 Å². The summed E-state index contributed by atoms with van der Waals surface area (Å²) < 4.78 is 12.9. The third-order valence-electron chi connectivity index (χ3n) is 5.00. The number of halogens is 1. The van der Waals surface area contributed by atoms with Crippen LogP contribution in [0.15, 0.2) is 86.3 Å². The lowest BCUT2D eigenvalue weighted by Gasteiger charge is -2.13. The quantitative estimate of drug-likeness (QED) is 0.150. The Morgan fingerprint density at radius 1 is 1.11 bits per heavy atom. The van der Waals surface area contributed by atoms with E-state index in [1.807, 2.05) is 30.3 Å². The van der Waals surface area contributed by atoms with Gasteiger partial charge in [-0.25, -0.2) is 10.4 Å². The van der Waals surface area contributed by atoms with Gasteiger partial charge in [-0.1, -0.05) is 39.8 Å². The number of aromatic nitrogens is 2. The Bertz CT molecular complexity index is 1450. The zero-order valence-corrected chi connectivity index (χ0v) is 21.3. The minimum Gasteiger partial charge on any atom is -0.497 e. The van der Waals surface area contributed by atoms with E-state index in [2.05, 4.69) is 31.4 Å². The molecule has 0 aliphatic rings. The molecule has 1 N–H and O–H groups in total. The highest BCUT2D eigenvalue weighted by Gasteiger charge is 2.15. The summed E-state index contributed by atoms with van der Waals surface area (Å²) in [5.41, 5.74) is 4.20. The van der Waals surface area contributed by atoms with Crippen molar-refractivity contribution in [3.05, 3.63) is 87.1 Å². The molecule has 0 atom stereocenters. The van der Waals surface area contributed by atoms with Gasteiger partial charge in [0, 0.05) is 16.1 Å². The topological polar surface area (TPSA) is 94.8 Å². The lowest BCUT2D eigenvalue weighted by molar-refractivity contribution is -0.118. The van der Waals surface area contributed by atoms with Gasteiger partial charge in [0.15, 0.2) is 5.16 Å². The molecule has 0 spiro atoms. The molecule has 8 nitrogen and oxygen atoms in total. The molecule has 10 heteroatoms. The first-order valence-corrected chi connectivity index (χ1v) is 12.2. The lowest BCUT2D eigenvalue weighted by Crippen LogP contribution is -2.24. The number of ether oxygens (including phenoxy) is 2. The van der Waals surface area contributed by atoms with Gasteiger partial charge in [-0.2, -0.15) is 5.10 Å². The van der Waals surface area contributed by atoms with Crippen molar-refractivity contribution in [3.63, 3.8) is 0 Å². The van der Waals surface area contributed by atoms with Gasteiger partial charge in [0.1, 0.15) is 11.5 Å². The van der Waals surface area contributed by atoms with Crippen molar-refractivity contribution in [3.8, 4) is 17.2 Å². The number of carbonyl (C=O) groups excluding carboxylic acids is 1. The van der Waals surface area contributed by atoms with Gasteiger partial charge < -0.3 is 9.47 Å². The van der Waals surface area contributed by atoms with Crippen molar-refractivity contribution in [2.45, 2.75) is 5.16 Å². The van der Waals surface area contributed by atoms with E-state index in [1.54, 1.807) is 50.6 Å². The molecule has 1 aromatic heterocycles. The summed E-state index contributed by atoms with van der Waals surface area (Å²) in [6.07, 6.45) is 1.49. The molecule has 1 amide bonds. The van der Waals surface area contributed by atoms with Crippen LogP contribution < -0.4 is 20.5 Å². The molecule has 4 aromatic rings. The second-order valence-corrected chi connectivity index (χ2v) is 9.08. The summed E-state index contributed by atoms with van der Waals surface area (Å²) in [5.74, 6) is 0.886. The number of thioether (sulfide) groups is 1. The number of rotatable bonds is 8. The van der Waals surface area contributed by atoms with Gasteiger partial charge in [-0.3, -0.25) is 14.2 Å². The molecule has 178 valence electrons. The fourth-order valence-corrected chi connectivity index (χ4v) is 4.36. The summed E-state index contributed by atoms with van der Waals surface area (Å²) in [5, 5.41) is 4.93. The summed E-state index contributed by atoms with van der Waals surface area (Å²) in [6.45, 7) is 0. The van der Waals surface area contributed by atoms with Crippen LogP contribution in [0.1, 0.15) is 5.56 Å². The van der Waals surface area contributed by atoms with E-state index in [1.165, 1.54) is 10.8 Å². The van der Waals surface area contributed by atoms with E-state index in [9.17, 15) is 9.59 Å². The highest BCUT2D eigenvalue weighted by molar-refractivity contribution is 9.10. The number of nitrogens with one attached hydrogen (secondary N) is 1. The average Bonchev–Trinajstić information content (AvgIpc) is 2.88. The molecule has 0 radical (unpaired) electrons. The normalized spacial score (nSPS) is 11.1. The van der Waals surface area contributed by atoms with E-state index < -0.39 is 0 Å². The third-order valence-corrected chi connectivity index (χ3v) is 6.46. The molecule has 0 aliphatic heterocycles. The number of fused-ring (bicyclic) bond motifs is 1. The maximum absolute atomic E-state index is 13.3. The minimum absolute atomic E-state index is 0.0123. The highest BCUT2D eigenvalue weighted by atomic mass is 79.9. The first-order valence-electron chi connectivity index (χ1n) is 10.4. The first kappa shape index (κ1) is 24.5. The molecule has 1 heterocycles. The van der Waals surface area contributed by atoms with Crippen molar-refractivity contribution in [1.29, 1.82) is 0 Å². The Balaban J connectivity index is 1.53. The summed E-state index contributed by atoms with van der Waals surface area (Å²) in [6, 6.07) is 19.7. The molecule has 0 saturated carbocycles. The molecular weight excluding hydrogens is 532 g/mol. The number of hydrogen-bond donors (Lipinski definition) is 1. The molecule has 0 aliphatic carbocycles. The second kappa shape index (κ2) is 11.2. The van der Waals surface area contributed by atoms with Gasteiger partial charge in [0.2, 0.25) is 0 Å². The number of benzene rings is 3. The van der Waals surface area contributed by atoms with Crippen molar-refractivity contribution in [1.82, 2.24) is 15.0 Å². The maximum atomic E-state index is 13.3. The zero-order chi connectivity index (χ0) is 24.8. The van der Waals surface area contributed by atoms with Crippen LogP contribution in [0.3, 0.4) is 0 Å². The van der Waals surface area contributed by atoms with Gasteiger partial charge in [0.05, 0.1) is 42.8 Å².